The van der Waals surface area contributed by atoms with Gasteiger partial charge in [0.05, 0.1) is 16.3 Å². The molecule has 114 valence electrons. The summed E-state index contributed by atoms with van der Waals surface area (Å²) >= 11 is 10.5. The van der Waals surface area contributed by atoms with Gasteiger partial charge in [0.1, 0.15) is 4.90 Å². The summed E-state index contributed by atoms with van der Waals surface area (Å²) in [5.41, 5.74) is 0. The third kappa shape index (κ3) is 3.56. The lowest BCUT2D eigenvalue weighted by atomic mass is 10.0. The van der Waals surface area contributed by atoms with Crippen molar-refractivity contribution in [3.63, 3.8) is 0 Å². The standard InChI is InChI=1S/C12H17BrClNO3S2/c1-18-8-9-3-2-4-15(7-9)20(16,17)11-5-10(6-14)19-12(11)13/h5,9H,2-4,6-8H2,1H3. The first kappa shape index (κ1) is 16.7. The van der Waals surface area contributed by atoms with E-state index in [9.17, 15) is 8.42 Å². The molecule has 2 heterocycles. The molecule has 0 amide bonds. The predicted octanol–water partition coefficient (Wildman–Crippen LogP) is 3.30. The molecule has 0 bridgehead atoms. The second kappa shape index (κ2) is 7.07. The minimum Gasteiger partial charge on any atom is -0.384 e. The van der Waals surface area contributed by atoms with Gasteiger partial charge in [-0.05, 0) is 40.8 Å². The third-order valence-electron chi connectivity index (χ3n) is 3.34. The molecule has 0 N–H and O–H groups in total. The summed E-state index contributed by atoms with van der Waals surface area (Å²) in [5.74, 6) is 0.596. The molecule has 0 spiro atoms. The molecule has 1 unspecified atom stereocenters. The fraction of sp³-hybridized carbons (Fsp3) is 0.667. The molecule has 1 fully saturated rings. The van der Waals surface area contributed by atoms with Gasteiger partial charge < -0.3 is 4.74 Å². The Morgan fingerprint density at radius 2 is 2.35 bits per heavy atom. The van der Waals surface area contributed by atoms with Crippen LogP contribution < -0.4 is 0 Å². The van der Waals surface area contributed by atoms with Crippen LogP contribution in [-0.2, 0) is 20.6 Å². The van der Waals surface area contributed by atoms with Gasteiger partial charge in [-0.25, -0.2) is 8.42 Å². The van der Waals surface area contributed by atoms with E-state index in [-0.39, 0.29) is 5.92 Å². The van der Waals surface area contributed by atoms with E-state index >= 15 is 0 Å². The van der Waals surface area contributed by atoms with E-state index in [4.69, 9.17) is 16.3 Å². The zero-order valence-electron chi connectivity index (χ0n) is 11.1. The van der Waals surface area contributed by atoms with Crippen LogP contribution >= 0.6 is 38.9 Å². The highest BCUT2D eigenvalue weighted by atomic mass is 79.9. The van der Waals surface area contributed by atoms with Crippen LogP contribution in [-0.4, -0.2) is 39.5 Å². The van der Waals surface area contributed by atoms with Crippen molar-refractivity contribution in [2.45, 2.75) is 23.6 Å². The highest BCUT2D eigenvalue weighted by molar-refractivity contribution is 9.11. The van der Waals surface area contributed by atoms with E-state index in [1.54, 1.807) is 17.5 Å². The molecule has 8 heteroatoms. The van der Waals surface area contributed by atoms with Gasteiger partial charge in [0, 0.05) is 25.1 Å². The third-order valence-corrected chi connectivity index (χ3v) is 7.90. The van der Waals surface area contributed by atoms with E-state index in [1.807, 2.05) is 0 Å². The van der Waals surface area contributed by atoms with Crippen molar-refractivity contribution in [3.05, 3.63) is 14.7 Å². The molecule has 1 atom stereocenters. The minimum absolute atomic E-state index is 0.272. The molecule has 1 saturated heterocycles. The van der Waals surface area contributed by atoms with Crippen LogP contribution in [0.4, 0.5) is 0 Å². The molecule has 1 aromatic rings. The highest BCUT2D eigenvalue weighted by Gasteiger charge is 2.32. The Bertz CT molecular complexity index is 559. The molecular formula is C12H17BrClNO3S2. The SMILES string of the molecule is COCC1CCCN(S(=O)(=O)c2cc(CCl)sc2Br)C1. The number of methoxy groups -OCH3 is 1. The van der Waals surface area contributed by atoms with Crippen LogP contribution in [0.15, 0.2) is 14.7 Å². The summed E-state index contributed by atoms with van der Waals surface area (Å²) in [6.45, 7) is 1.69. The molecule has 2 rings (SSSR count). The van der Waals surface area contributed by atoms with Gasteiger partial charge in [0.2, 0.25) is 10.0 Å². The van der Waals surface area contributed by atoms with Crippen molar-refractivity contribution in [2.75, 3.05) is 26.8 Å². The highest BCUT2D eigenvalue weighted by Crippen LogP contribution is 2.35. The van der Waals surface area contributed by atoms with E-state index in [0.29, 0.717) is 34.3 Å². The fourth-order valence-corrected chi connectivity index (χ4v) is 6.67. The Hall–Kier alpha value is 0.340. The van der Waals surface area contributed by atoms with E-state index in [1.165, 1.54) is 11.3 Å². The molecule has 0 aromatic carbocycles. The number of ether oxygens (including phenoxy) is 1. The lowest BCUT2D eigenvalue weighted by Gasteiger charge is -2.31. The first-order valence-corrected chi connectivity index (χ1v) is 9.90. The van der Waals surface area contributed by atoms with Crippen molar-refractivity contribution in [3.8, 4) is 0 Å². The first-order chi connectivity index (χ1) is 9.48. The molecule has 0 aliphatic carbocycles. The second-order valence-corrected chi connectivity index (χ2v) is 9.44. The quantitative estimate of drug-likeness (QED) is 0.710. The fourth-order valence-electron chi connectivity index (χ4n) is 2.40. The molecule has 0 saturated carbocycles. The number of halogens is 2. The maximum atomic E-state index is 12.7. The number of piperidine rings is 1. The molecule has 20 heavy (non-hydrogen) atoms. The average Bonchev–Trinajstić information content (AvgIpc) is 2.81. The largest absolute Gasteiger partial charge is 0.384 e. The van der Waals surface area contributed by atoms with Gasteiger partial charge in [-0.3, -0.25) is 0 Å². The zero-order valence-corrected chi connectivity index (χ0v) is 15.1. The van der Waals surface area contributed by atoms with Crippen molar-refractivity contribution in [1.82, 2.24) is 4.31 Å². The molecule has 4 nitrogen and oxygen atoms in total. The first-order valence-electron chi connectivity index (χ1n) is 6.32. The molecule has 1 aromatic heterocycles. The molecule has 0 radical (unpaired) electrons. The lowest BCUT2D eigenvalue weighted by molar-refractivity contribution is 0.118. The molecule has 1 aliphatic rings. The van der Waals surface area contributed by atoms with Crippen LogP contribution in [0.1, 0.15) is 17.7 Å². The number of hydrogen-bond acceptors (Lipinski definition) is 4. The van der Waals surface area contributed by atoms with Gasteiger partial charge in [-0.15, -0.1) is 22.9 Å². The van der Waals surface area contributed by atoms with Gasteiger partial charge in [0.15, 0.2) is 0 Å². The average molecular weight is 403 g/mol. The summed E-state index contributed by atoms with van der Waals surface area (Å²) in [4.78, 5) is 1.18. The maximum Gasteiger partial charge on any atom is 0.245 e. The number of rotatable bonds is 5. The Morgan fingerprint density at radius 1 is 1.60 bits per heavy atom. The molecule has 1 aliphatic heterocycles. The Kier molecular flexibility index (Phi) is 5.90. The number of thiophene rings is 1. The van der Waals surface area contributed by atoms with Gasteiger partial charge in [0.25, 0.3) is 0 Å². The molecular weight excluding hydrogens is 386 g/mol. The summed E-state index contributed by atoms with van der Waals surface area (Å²) in [6, 6.07) is 1.66. The Morgan fingerprint density at radius 3 is 2.95 bits per heavy atom. The monoisotopic (exact) mass is 401 g/mol. The van der Waals surface area contributed by atoms with Crippen LogP contribution in [0.25, 0.3) is 0 Å². The van der Waals surface area contributed by atoms with Crippen LogP contribution in [0, 0.1) is 5.92 Å². The predicted molar refractivity (Wildman–Crippen MR) is 84.9 cm³/mol. The second-order valence-electron chi connectivity index (χ2n) is 4.81. The number of nitrogens with zero attached hydrogens (tertiary/aromatic N) is 1. The summed E-state index contributed by atoms with van der Waals surface area (Å²) in [6.07, 6.45) is 1.88. The van der Waals surface area contributed by atoms with Crippen molar-refractivity contribution in [2.24, 2.45) is 5.92 Å². The zero-order chi connectivity index (χ0) is 14.8. The number of sulfonamides is 1. The Balaban J connectivity index is 2.22. The van der Waals surface area contributed by atoms with Crippen molar-refractivity contribution >= 4 is 48.9 Å². The van der Waals surface area contributed by atoms with E-state index < -0.39 is 10.0 Å². The lowest BCUT2D eigenvalue weighted by Crippen LogP contribution is -2.41. The summed E-state index contributed by atoms with van der Waals surface area (Å²) in [5, 5.41) is 0. The van der Waals surface area contributed by atoms with Gasteiger partial charge in [-0.2, -0.15) is 4.31 Å². The number of hydrogen-bond donors (Lipinski definition) is 0. The van der Waals surface area contributed by atoms with Crippen LogP contribution in [0.5, 0.6) is 0 Å². The van der Waals surface area contributed by atoms with Crippen LogP contribution in [0.3, 0.4) is 0 Å². The smallest absolute Gasteiger partial charge is 0.245 e. The Labute approximate surface area is 137 Å². The van der Waals surface area contributed by atoms with Crippen molar-refractivity contribution in [1.29, 1.82) is 0 Å². The number of alkyl halides is 1. The van der Waals surface area contributed by atoms with E-state index in [0.717, 1.165) is 17.7 Å². The minimum atomic E-state index is -3.45. The van der Waals surface area contributed by atoms with E-state index in [2.05, 4.69) is 15.9 Å². The summed E-state index contributed by atoms with van der Waals surface area (Å²) < 4.78 is 32.7. The summed E-state index contributed by atoms with van der Waals surface area (Å²) in [7, 11) is -1.80. The van der Waals surface area contributed by atoms with Gasteiger partial charge >= 0.3 is 0 Å². The maximum absolute atomic E-state index is 12.7. The van der Waals surface area contributed by atoms with Crippen molar-refractivity contribution < 1.29 is 13.2 Å². The normalized spacial score (nSPS) is 21.2. The van der Waals surface area contributed by atoms with Crippen LogP contribution in [0.2, 0.25) is 0 Å². The van der Waals surface area contributed by atoms with Gasteiger partial charge in [-0.1, -0.05) is 0 Å². The topological polar surface area (TPSA) is 46.6 Å².